The molecule has 122 valence electrons. The van der Waals surface area contributed by atoms with Crippen molar-refractivity contribution in [2.45, 2.75) is 32.9 Å². The minimum absolute atomic E-state index is 0.299. The molecule has 1 aliphatic heterocycles. The Morgan fingerprint density at radius 3 is 2.45 bits per heavy atom. The van der Waals surface area contributed by atoms with Crippen molar-refractivity contribution >= 4 is 41.1 Å². The Balaban J connectivity index is 0.000000626. The van der Waals surface area contributed by atoms with Gasteiger partial charge in [-0.15, -0.1) is 11.8 Å². The monoisotopic (exact) mass is 357 g/mol. The van der Waals surface area contributed by atoms with Crippen LogP contribution in [0.4, 0.5) is 0 Å². The van der Waals surface area contributed by atoms with Crippen LogP contribution in [0.25, 0.3) is 0 Å². The molecule has 22 heavy (non-hydrogen) atoms. The second-order valence-corrected chi connectivity index (χ2v) is 6.89. The summed E-state index contributed by atoms with van der Waals surface area (Å²) in [5, 5.41) is 5.02. The van der Waals surface area contributed by atoms with Gasteiger partial charge in [-0.25, -0.2) is 0 Å². The van der Waals surface area contributed by atoms with Gasteiger partial charge in [0.1, 0.15) is 5.71 Å². The summed E-state index contributed by atoms with van der Waals surface area (Å²) in [4.78, 5) is 1.20. The molecule has 0 radical (unpaired) electrons. The highest BCUT2D eigenvalue weighted by Gasteiger charge is 2.26. The summed E-state index contributed by atoms with van der Waals surface area (Å²) < 4.78 is 5.04. The summed E-state index contributed by atoms with van der Waals surface area (Å²) >= 11 is 8.94. The summed E-state index contributed by atoms with van der Waals surface area (Å²) in [6.07, 6.45) is 9.18. The fraction of sp³-hybridized carbons (Fsp3) is 0.353. The van der Waals surface area contributed by atoms with Crippen molar-refractivity contribution in [3.8, 4) is 0 Å². The van der Waals surface area contributed by atoms with E-state index in [1.165, 1.54) is 22.5 Å². The Bertz CT molecular complexity index is 519. The van der Waals surface area contributed by atoms with E-state index in [9.17, 15) is 0 Å². The standard InChI is InChI=1S/C11H14ClNOS2.C6H10/c1-5-9(12)6-10-7(2)16-8(3)11(10)13-14-15-4;1-4-6(3)5-2/h5-6,8H,1H2,2-4H3;4-5H,1H2,2-3H3/b9-6+,13-11+;6-5-. The van der Waals surface area contributed by atoms with Crippen molar-refractivity contribution in [3.05, 3.63) is 58.5 Å². The van der Waals surface area contributed by atoms with Gasteiger partial charge in [0.15, 0.2) is 0 Å². The number of oxime groups is 1. The van der Waals surface area contributed by atoms with Gasteiger partial charge in [0.05, 0.1) is 17.3 Å². The number of halogens is 1. The number of nitrogens with zero attached hydrogens (tertiary/aromatic N) is 1. The quantitative estimate of drug-likeness (QED) is 0.318. The number of rotatable bonds is 5. The van der Waals surface area contributed by atoms with Gasteiger partial charge >= 0.3 is 0 Å². The SMILES string of the molecule is C=C/C(C)=C\C.C=C/C(Cl)=C\C1=C(C)SC(C)/C1=N\OSC. The van der Waals surface area contributed by atoms with Gasteiger partial charge in [0.2, 0.25) is 0 Å². The molecule has 1 heterocycles. The largest absolute Gasteiger partial charge is 0.322 e. The molecule has 0 aromatic rings. The molecule has 1 unspecified atom stereocenters. The predicted octanol–water partition coefficient (Wildman–Crippen LogP) is 6.49. The molecule has 1 aliphatic rings. The highest BCUT2D eigenvalue weighted by atomic mass is 35.5. The molecule has 0 saturated heterocycles. The normalized spacial score (nSPS) is 20.6. The van der Waals surface area contributed by atoms with E-state index in [4.69, 9.17) is 15.9 Å². The maximum Gasteiger partial charge on any atom is 0.102 e. The zero-order chi connectivity index (χ0) is 17.1. The minimum atomic E-state index is 0.299. The fourth-order valence-corrected chi connectivity index (χ4v) is 2.84. The number of hydrogen-bond donors (Lipinski definition) is 0. The lowest BCUT2D eigenvalue weighted by Crippen LogP contribution is -2.09. The molecule has 0 spiro atoms. The zero-order valence-electron chi connectivity index (χ0n) is 13.9. The fourth-order valence-electron chi connectivity index (χ4n) is 1.47. The average Bonchev–Trinajstić information content (AvgIpc) is 2.78. The molecule has 1 atom stereocenters. The van der Waals surface area contributed by atoms with E-state index in [2.05, 4.69) is 32.2 Å². The van der Waals surface area contributed by atoms with Crippen LogP contribution in [0.15, 0.2) is 63.7 Å². The van der Waals surface area contributed by atoms with E-state index in [-0.39, 0.29) is 0 Å². The van der Waals surface area contributed by atoms with Gasteiger partial charge in [-0.05, 0) is 38.7 Å². The van der Waals surface area contributed by atoms with Crippen LogP contribution in [0.3, 0.4) is 0 Å². The van der Waals surface area contributed by atoms with Crippen LogP contribution in [0.2, 0.25) is 0 Å². The zero-order valence-corrected chi connectivity index (χ0v) is 16.2. The first-order chi connectivity index (χ1) is 10.4. The maximum absolute atomic E-state index is 5.96. The molecule has 0 aliphatic carbocycles. The Morgan fingerprint density at radius 1 is 1.41 bits per heavy atom. The molecule has 5 heteroatoms. The van der Waals surface area contributed by atoms with Gasteiger partial charge in [0.25, 0.3) is 0 Å². The number of hydrogen-bond acceptors (Lipinski definition) is 4. The lowest BCUT2D eigenvalue weighted by atomic mass is 10.1. The molecular weight excluding hydrogens is 334 g/mol. The summed E-state index contributed by atoms with van der Waals surface area (Å²) in [7, 11) is 0. The van der Waals surface area contributed by atoms with Crippen molar-refractivity contribution in [1.29, 1.82) is 0 Å². The van der Waals surface area contributed by atoms with Gasteiger partial charge in [-0.1, -0.05) is 53.7 Å². The third-order valence-electron chi connectivity index (χ3n) is 2.86. The van der Waals surface area contributed by atoms with E-state index in [0.717, 1.165) is 11.3 Å². The molecule has 2 nitrogen and oxygen atoms in total. The smallest absolute Gasteiger partial charge is 0.102 e. The van der Waals surface area contributed by atoms with Gasteiger partial charge < -0.3 is 4.28 Å². The summed E-state index contributed by atoms with van der Waals surface area (Å²) in [6, 6.07) is 0. The van der Waals surface area contributed by atoms with Crippen molar-refractivity contribution in [1.82, 2.24) is 0 Å². The Labute approximate surface area is 148 Å². The van der Waals surface area contributed by atoms with Crippen molar-refractivity contribution < 1.29 is 4.28 Å². The first-order valence-electron chi connectivity index (χ1n) is 6.81. The second-order valence-electron chi connectivity index (χ2n) is 4.42. The van der Waals surface area contributed by atoms with Gasteiger partial charge in [-0.2, -0.15) is 0 Å². The molecule has 0 bridgehead atoms. The predicted molar refractivity (Wildman–Crippen MR) is 106 cm³/mol. The van der Waals surface area contributed by atoms with E-state index >= 15 is 0 Å². The molecule has 0 N–H and O–H groups in total. The lowest BCUT2D eigenvalue weighted by molar-refractivity contribution is 0.407. The lowest BCUT2D eigenvalue weighted by Gasteiger charge is -2.04. The van der Waals surface area contributed by atoms with E-state index in [0.29, 0.717) is 10.3 Å². The van der Waals surface area contributed by atoms with Crippen LogP contribution in [0.1, 0.15) is 27.7 Å². The van der Waals surface area contributed by atoms with E-state index in [1.54, 1.807) is 17.8 Å². The molecule has 1 rings (SSSR count). The number of thioether (sulfide) groups is 1. The Hall–Kier alpha value is -0.840. The Morgan fingerprint density at radius 2 is 2.05 bits per heavy atom. The first-order valence-corrected chi connectivity index (χ1v) is 9.22. The summed E-state index contributed by atoms with van der Waals surface area (Å²) in [5.74, 6) is 0. The third kappa shape index (κ3) is 7.43. The first kappa shape index (κ1) is 21.2. The Kier molecular flexibility index (Phi) is 11.2. The molecule has 0 fully saturated rings. The molecule has 0 amide bonds. The van der Waals surface area contributed by atoms with Crippen LogP contribution in [-0.4, -0.2) is 17.2 Å². The van der Waals surface area contributed by atoms with Crippen LogP contribution < -0.4 is 0 Å². The topological polar surface area (TPSA) is 21.6 Å². The van der Waals surface area contributed by atoms with Crippen molar-refractivity contribution in [3.63, 3.8) is 0 Å². The summed E-state index contributed by atoms with van der Waals surface area (Å²) in [5.41, 5.74) is 3.20. The molecular formula is C17H24ClNOS2. The third-order valence-corrected chi connectivity index (χ3v) is 4.50. The highest BCUT2D eigenvalue weighted by Crippen LogP contribution is 2.37. The average molecular weight is 358 g/mol. The van der Waals surface area contributed by atoms with Crippen LogP contribution in [0.5, 0.6) is 0 Å². The van der Waals surface area contributed by atoms with Gasteiger partial charge in [0, 0.05) is 16.9 Å². The van der Waals surface area contributed by atoms with Gasteiger partial charge in [-0.3, -0.25) is 0 Å². The summed E-state index contributed by atoms with van der Waals surface area (Å²) in [6.45, 7) is 15.4. The van der Waals surface area contributed by atoms with Crippen LogP contribution in [-0.2, 0) is 4.28 Å². The van der Waals surface area contributed by atoms with E-state index in [1.807, 2.05) is 38.3 Å². The second kappa shape index (κ2) is 11.7. The minimum Gasteiger partial charge on any atom is -0.322 e. The number of allylic oxidation sites excluding steroid dienone is 8. The van der Waals surface area contributed by atoms with Crippen molar-refractivity contribution in [2.24, 2.45) is 5.16 Å². The highest BCUT2D eigenvalue weighted by molar-refractivity contribution is 8.04. The van der Waals surface area contributed by atoms with Crippen LogP contribution >= 0.6 is 35.4 Å². The molecule has 0 aromatic heterocycles. The maximum atomic E-state index is 5.96. The molecule has 0 aromatic carbocycles. The van der Waals surface area contributed by atoms with E-state index < -0.39 is 0 Å². The van der Waals surface area contributed by atoms with Crippen molar-refractivity contribution in [2.75, 3.05) is 6.26 Å². The van der Waals surface area contributed by atoms with Crippen LogP contribution in [0, 0.1) is 0 Å². The molecule has 0 saturated carbocycles.